The van der Waals surface area contributed by atoms with E-state index in [1.54, 1.807) is 49.5 Å². The number of benzene rings is 2. The van der Waals surface area contributed by atoms with E-state index in [1.165, 1.54) is 21.3 Å². The molecule has 0 spiro atoms. The number of carbonyl (C=O) groups is 1. The summed E-state index contributed by atoms with van der Waals surface area (Å²) >= 11 is 0. The Bertz CT molecular complexity index is 1360. The predicted octanol–water partition coefficient (Wildman–Crippen LogP) is 4.67. The Morgan fingerprint density at radius 1 is 0.921 bits per heavy atom. The van der Waals surface area contributed by atoms with Gasteiger partial charge >= 0.3 is 0 Å². The van der Waals surface area contributed by atoms with Gasteiger partial charge in [0.25, 0.3) is 0 Å². The number of rotatable bonds is 7. The van der Waals surface area contributed by atoms with Gasteiger partial charge in [0.1, 0.15) is 17.3 Å². The molecule has 0 fully saturated rings. The molecule has 0 saturated carbocycles. The molecule has 2 aromatic carbocycles. The topological polar surface area (TPSA) is 116 Å². The monoisotopic (exact) mass is 519 g/mol. The molecule has 0 radical (unpaired) electrons. The van der Waals surface area contributed by atoms with Gasteiger partial charge in [-0.05, 0) is 41.7 Å². The summed E-state index contributed by atoms with van der Waals surface area (Å²) in [5.74, 6) is 1.80. The lowest BCUT2D eigenvalue weighted by molar-refractivity contribution is -0.118. The number of hydrogen-bond acceptors (Lipinski definition) is 9. The zero-order chi connectivity index (χ0) is 27.8. The lowest BCUT2D eigenvalue weighted by Crippen LogP contribution is -2.42. The van der Waals surface area contributed by atoms with E-state index in [0.29, 0.717) is 64.1 Å². The largest absolute Gasteiger partial charge is 0.497 e. The van der Waals surface area contributed by atoms with Crippen molar-refractivity contribution in [2.24, 2.45) is 11.1 Å². The van der Waals surface area contributed by atoms with E-state index in [0.717, 1.165) is 0 Å². The molecule has 1 aliphatic heterocycles. The number of methoxy groups -OCH3 is 5. The summed E-state index contributed by atoms with van der Waals surface area (Å²) in [6.45, 7) is 4.09. The van der Waals surface area contributed by atoms with Crippen molar-refractivity contribution in [3.05, 3.63) is 58.6 Å². The van der Waals surface area contributed by atoms with Crippen LogP contribution in [-0.4, -0.2) is 41.3 Å². The van der Waals surface area contributed by atoms with Crippen LogP contribution in [0.15, 0.2) is 53.0 Å². The minimum Gasteiger partial charge on any atom is -0.497 e. The first-order valence-corrected chi connectivity index (χ1v) is 12.1. The van der Waals surface area contributed by atoms with Gasteiger partial charge in [-0.15, -0.1) is 0 Å². The summed E-state index contributed by atoms with van der Waals surface area (Å²) in [6.07, 6.45) is 0.878. The lowest BCUT2D eigenvalue weighted by Gasteiger charge is -2.44. The first-order valence-electron chi connectivity index (χ1n) is 12.1. The van der Waals surface area contributed by atoms with E-state index in [4.69, 9.17) is 29.4 Å². The second-order valence-electron chi connectivity index (χ2n) is 9.98. The molecule has 200 valence electrons. The third-order valence-electron chi connectivity index (χ3n) is 7.03. The minimum absolute atomic E-state index is 0.0536. The van der Waals surface area contributed by atoms with E-state index in [9.17, 15) is 10.1 Å². The maximum absolute atomic E-state index is 13.9. The summed E-state index contributed by atoms with van der Waals surface area (Å²) < 4.78 is 27.8. The van der Waals surface area contributed by atoms with Crippen LogP contribution in [0, 0.1) is 16.7 Å². The lowest BCUT2D eigenvalue weighted by atomic mass is 9.68. The summed E-state index contributed by atoms with van der Waals surface area (Å²) in [5, 5.41) is 10.4. The van der Waals surface area contributed by atoms with Crippen molar-refractivity contribution in [1.82, 2.24) is 0 Å². The molecule has 38 heavy (non-hydrogen) atoms. The SMILES string of the molecule is COc1ccc(OC)c(N2C(N)=C(C#N)[C@@H](c3cc(OC)c(OC)c(OC)c3)C3=C2CC(C)(C)CC3=O)c1. The highest BCUT2D eigenvalue weighted by molar-refractivity contribution is 6.02. The molecule has 0 bridgehead atoms. The highest BCUT2D eigenvalue weighted by Crippen LogP contribution is 2.53. The minimum atomic E-state index is -0.722. The van der Waals surface area contributed by atoms with Crippen LogP contribution in [0.4, 0.5) is 5.69 Å². The molecule has 0 aromatic heterocycles. The van der Waals surface area contributed by atoms with Crippen molar-refractivity contribution in [2.75, 3.05) is 40.4 Å². The van der Waals surface area contributed by atoms with E-state index in [1.807, 2.05) is 13.8 Å². The van der Waals surface area contributed by atoms with E-state index < -0.39 is 5.92 Å². The number of Topliss-reactive ketones (excluding diaryl/α,β-unsaturated/α-hetero) is 1. The smallest absolute Gasteiger partial charge is 0.203 e. The molecule has 2 aliphatic rings. The third kappa shape index (κ3) is 4.36. The van der Waals surface area contributed by atoms with Crippen molar-refractivity contribution in [3.8, 4) is 34.8 Å². The van der Waals surface area contributed by atoms with E-state index in [2.05, 4.69) is 6.07 Å². The second-order valence-corrected chi connectivity index (χ2v) is 9.98. The second kappa shape index (κ2) is 10.2. The van der Waals surface area contributed by atoms with Crippen LogP contribution >= 0.6 is 0 Å². The van der Waals surface area contributed by atoms with E-state index in [-0.39, 0.29) is 22.6 Å². The number of nitrogens with zero attached hydrogens (tertiary/aromatic N) is 2. The van der Waals surface area contributed by atoms with Crippen LogP contribution in [0.2, 0.25) is 0 Å². The Labute approximate surface area is 223 Å². The van der Waals surface area contributed by atoms with Crippen molar-refractivity contribution in [2.45, 2.75) is 32.6 Å². The van der Waals surface area contributed by atoms with Gasteiger partial charge in [-0.3, -0.25) is 9.69 Å². The fourth-order valence-electron chi connectivity index (χ4n) is 5.36. The molecule has 0 saturated heterocycles. The fourth-order valence-corrected chi connectivity index (χ4v) is 5.36. The van der Waals surface area contributed by atoms with Crippen molar-refractivity contribution < 1.29 is 28.5 Å². The fraction of sp³-hybridized carbons (Fsp3) is 0.379. The van der Waals surface area contributed by atoms with Gasteiger partial charge < -0.3 is 29.4 Å². The molecule has 0 amide bonds. The first-order chi connectivity index (χ1) is 18.1. The Morgan fingerprint density at radius 3 is 2.08 bits per heavy atom. The third-order valence-corrected chi connectivity index (χ3v) is 7.03. The molecule has 4 rings (SSSR count). The molecular formula is C29H33N3O6. The number of anilines is 1. The highest BCUT2D eigenvalue weighted by Gasteiger charge is 2.45. The summed E-state index contributed by atoms with van der Waals surface area (Å²) in [7, 11) is 7.69. The van der Waals surface area contributed by atoms with Crippen LogP contribution < -0.4 is 34.3 Å². The van der Waals surface area contributed by atoms with Gasteiger partial charge in [-0.2, -0.15) is 5.26 Å². The standard InChI is InChI=1S/C29H33N3O6/c1-29(2)13-20-26(21(33)14-29)25(16-10-23(36-5)27(38-7)24(11-16)37-6)18(15-30)28(31)32(20)19-12-17(34-3)8-9-22(19)35-4/h8-12,25H,13-14,31H2,1-7H3/t25-/m1/s1. The Balaban J connectivity index is 2.06. The zero-order valence-electron chi connectivity index (χ0n) is 22.8. The number of carbonyl (C=O) groups excluding carboxylic acids is 1. The summed E-state index contributed by atoms with van der Waals surface area (Å²) in [4.78, 5) is 15.6. The van der Waals surface area contributed by atoms with Gasteiger partial charge in [-0.25, -0.2) is 0 Å². The van der Waals surface area contributed by atoms with Crippen molar-refractivity contribution in [3.63, 3.8) is 0 Å². The van der Waals surface area contributed by atoms with Crippen LogP contribution in [0.1, 0.15) is 38.2 Å². The molecule has 2 aromatic rings. The normalized spacial score (nSPS) is 18.5. The molecule has 0 unspecified atom stereocenters. The number of nitriles is 1. The van der Waals surface area contributed by atoms with Crippen LogP contribution in [0.25, 0.3) is 0 Å². The van der Waals surface area contributed by atoms with Crippen LogP contribution in [-0.2, 0) is 4.79 Å². The number of ketones is 1. The molecule has 1 atom stereocenters. The Hall–Kier alpha value is -4.32. The maximum atomic E-state index is 13.9. The van der Waals surface area contributed by atoms with Crippen molar-refractivity contribution in [1.29, 1.82) is 5.26 Å². The predicted molar refractivity (Wildman–Crippen MR) is 143 cm³/mol. The van der Waals surface area contributed by atoms with Crippen LogP contribution in [0.3, 0.4) is 0 Å². The first kappa shape index (κ1) is 26.7. The Morgan fingerprint density at radius 2 is 1.55 bits per heavy atom. The zero-order valence-corrected chi connectivity index (χ0v) is 22.8. The van der Waals surface area contributed by atoms with Gasteiger partial charge in [0.15, 0.2) is 17.3 Å². The Kier molecular flexibility index (Phi) is 7.18. The molecule has 9 heteroatoms. The van der Waals surface area contributed by atoms with Gasteiger partial charge in [0, 0.05) is 23.8 Å². The average Bonchev–Trinajstić information content (AvgIpc) is 2.90. The average molecular weight is 520 g/mol. The highest BCUT2D eigenvalue weighted by atomic mass is 16.5. The van der Waals surface area contributed by atoms with Crippen LogP contribution in [0.5, 0.6) is 28.7 Å². The molecule has 1 heterocycles. The van der Waals surface area contributed by atoms with Crippen molar-refractivity contribution >= 4 is 11.5 Å². The molecule has 1 aliphatic carbocycles. The van der Waals surface area contributed by atoms with Gasteiger partial charge in [0.2, 0.25) is 5.75 Å². The molecule has 2 N–H and O–H groups in total. The number of nitrogens with two attached hydrogens (primary N) is 1. The number of ether oxygens (including phenoxy) is 5. The molecule has 9 nitrogen and oxygen atoms in total. The van der Waals surface area contributed by atoms with Gasteiger partial charge in [-0.1, -0.05) is 13.8 Å². The quantitative estimate of drug-likeness (QED) is 0.557. The number of allylic oxidation sites excluding steroid dienone is 3. The molecular weight excluding hydrogens is 486 g/mol. The maximum Gasteiger partial charge on any atom is 0.203 e. The van der Waals surface area contributed by atoms with E-state index >= 15 is 0 Å². The van der Waals surface area contributed by atoms with Gasteiger partial charge in [0.05, 0.1) is 58.8 Å². The summed E-state index contributed by atoms with van der Waals surface area (Å²) in [6, 6.07) is 11.1. The number of hydrogen-bond donors (Lipinski definition) is 1. The summed E-state index contributed by atoms with van der Waals surface area (Å²) in [5.41, 5.74) is 9.15.